The van der Waals surface area contributed by atoms with Crippen LogP contribution in [0.2, 0.25) is 0 Å². The van der Waals surface area contributed by atoms with E-state index < -0.39 is 0 Å². The first-order chi connectivity index (χ1) is 9.99. The smallest absolute Gasteiger partial charge is 0.173 e. The van der Waals surface area contributed by atoms with Gasteiger partial charge in [0.2, 0.25) is 0 Å². The summed E-state index contributed by atoms with van der Waals surface area (Å²) in [6.45, 7) is 6.04. The van der Waals surface area contributed by atoms with E-state index in [2.05, 4.69) is 12.1 Å². The van der Waals surface area contributed by atoms with Gasteiger partial charge in [-0.25, -0.2) is 0 Å². The molecule has 1 fully saturated rings. The molecule has 0 saturated carbocycles. The molecule has 2 bridgehead atoms. The third-order valence-corrected chi connectivity index (χ3v) is 4.95. The summed E-state index contributed by atoms with van der Waals surface area (Å²) < 4.78 is 5.72. The maximum atomic E-state index is 12.8. The maximum absolute atomic E-state index is 12.8. The summed E-state index contributed by atoms with van der Waals surface area (Å²) in [4.78, 5) is 12.8. The number of fused-ring (bicyclic) bond motifs is 5. The number of rotatable bonds is 1. The molecule has 3 aliphatic rings. The minimum atomic E-state index is -0.241. The Bertz CT molecular complexity index is 703. The highest BCUT2D eigenvalue weighted by molar-refractivity contribution is 6.26. The van der Waals surface area contributed by atoms with E-state index >= 15 is 0 Å². The molecule has 4 atom stereocenters. The van der Waals surface area contributed by atoms with Gasteiger partial charge in [-0.15, -0.1) is 0 Å². The van der Waals surface area contributed by atoms with Crippen LogP contribution in [-0.2, 0) is 9.53 Å². The van der Waals surface area contributed by atoms with Crippen LogP contribution in [0.4, 0.5) is 0 Å². The van der Waals surface area contributed by atoms with Crippen molar-refractivity contribution in [2.75, 3.05) is 0 Å². The Kier molecular flexibility index (Phi) is 2.49. The number of allylic oxidation sites excluding steroid dienone is 1. The van der Waals surface area contributed by atoms with Crippen LogP contribution in [-0.4, -0.2) is 23.1 Å². The highest BCUT2D eigenvalue weighted by Gasteiger charge is 2.57. The molecule has 1 N–H and O–H groups in total. The number of hydrogen-bond acceptors (Lipinski definition) is 3. The number of Topliss-reactive ketones (excluding diaryl/α,β-unsaturated/α-hetero) is 1. The first kappa shape index (κ1) is 12.8. The predicted molar refractivity (Wildman–Crippen MR) is 80.0 cm³/mol. The van der Waals surface area contributed by atoms with E-state index in [1.165, 1.54) is 5.56 Å². The Morgan fingerprint density at radius 1 is 1.00 bits per heavy atom. The molecule has 0 spiro atoms. The molecule has 2 aliphatic heterocycles. The first-order valence-electron chi connectivity index (χ1n) is 7.38. The summed E-state index contributed by atoms with van der Waals surface area (Å²) in [5.41, 5.74) is 4.68. The average molecular weight is 282 g/mol. The Hall–Kier alpha value is -1.87. The van der Waals surface area contributed by atoms with E-state index in [0.29, 0.717) is 5.57 Å². The fraction of sp³-hybridized carbons (Fsp3) is 0.389. The van der Waals surface area contributed by atoms with Crippen LogP contribution in [0.3, 0.4) is 0 Å². The monoisotopic (exact) mass is 282 g/mol. The lowest BCUT2D eigenvalue weighted by atomic mass is 9.84. The van der Waals surface area contributed by atoms with Crippen molar-refractivity contribution >= 4 is 11.4 Å². The fourth-order valence-electron chi connectivity index (χ4n) is 4.23. The van der Waals surface area contributed by atoms with E-state index in [-0.39, 0.29) is 35.6 Å². The van der Waals surface area contributed by atoms with Crippen LogP contribution in [0.15, 0.2) is 30.0 Å². The Morgan fingerprint density at radius 3 is 2.14 bits per heavy atom. The molecule has 1 saturated heterocycles. The van der Waals surface area contributed by atoms with Gasteiger partial charge in [0.05, 0.1) is 29.6 Å². The van der Waals surface area contributed by atoms with Crippen molar-refractivity contribution in [2.24, 2.45) is 11.8 Å². The quantitative estimate of drug-likeness (QED) is 0.805. The van der Waals surface area contributed by atoms with Crippen molar-refractivity contribution in [1.82, 2.24) is 0 Å². The van der Waals surface area contributed by atoms with Crippen molar-refractivity contribution in [3.63, 3.8) is 0 Å². The Morgan fingerprint density at radius 2 is 1.57 bits per heavy atom. The molecule has 1 aromatic rings. The van der Waals surface area contributed by atoms with Crippen LogP contribution < -0.4 is 0 Å². The molecular weight excluding hydrogens is 264 g/mol. The topological polar surface area (TPSA) is 46.5 Å². The van der Waals surface area contributed by atoms with Gasteiger partial charge in [-0.1, -0.05) is 29.8 Å². The lowest BCUT2D eigenvalue weighted by molar-refractivity contribution is -0.118. The first-order valence-corrected chi connectivity index (χ1v) is 7.38. The predicted octanol–water partition coefficient (Wildman–Crippen LogP) is 3.03. The molecule has 108 valence electrons. The van der Waals surface area contributed by atoms with Gasteiger partial charge in [-0.2, -0.15) is 0 Å². The molecule has 1 aromatic carbocycles. The SMILES string of the molecule is Cc1cc(C)c(C2=C(O)[C@H]3[C@@H](C2=O)[C@@H]2C=C[C@H]3O2)c(C)c1. The zero-order valence-electron chi connectivity index (χ0n) is 12.4. The van der Waals surface area contributed by atoms with E-state index in [9.17, 15) is 9.90 Å². The number of carbonyl (C=O) groups is 1. The summed E-state index contributed by atoms with van der Waals surface area (Å²) in [7, 11) is 0. The van der Waals surface area contributed by atoms with Gasteiger partial charge in [0, 0.05) is 0 Å². The van der Waals surface area contributed by atoms with E-state index in [1.54, 1.807) is 0 Å². The van der Waals surface area contributed by atoms with Crippen molar-refractivity contribution < 1.29 is 14.6 Å². The molecule has 0 aromatic heterocycles. The summed E-state index contributed by atoms with van der Waals surface area (Å²) in [6, 6.07) is 4.13. The standard InChI is InChI=1S/C18H18O3/c1-8-6-9(2)13(10(3)7-8)16-17(19)14-11-4-5-12(21-11)15(14)18(16)20/h4-7,11-12,14-15,19H,1-3H3/t11-,12+,14-,15+/m1/s1. The molecule has 3 nitrogen and oxygen atoms in total. The third-order valence-electron chi connectivity index (χ3n) is 4.95. The molecule has 2 heterocycles. The lowest BCUT2D eigenvalue weighted by Gasteiger charge is -2.15. The molecule has 3 heteroatoms. The van der Waals surface area contributed by atoms with E-state index in [4.69, 9.17) is 4.74 Å². The largest absolute Gasteiger partial charge is 0.511 e. The minimum Gasteiger partial charge on any atom is -0.511 e. The minimum absolute atomic E-state index is 0.0319. The van der Waals surface area contributed by atoms with Crippen molar-refractivity contribution in [2.45, 2.75) is 33.0 Å². The van der Waals surface area contributed by atoms with Crippen LogP contribution >= 0.6 is 0 Å². The second-order valence-electron chi connectivity index (χ2n) is 6.40. The molecule has 4 rings (SSSR count). The summed E-state index contributed by atoms with van der Waals surface area (Å²) in [5.74, 6) is -0.181. The van der Waals surface area contributed by atoms with Crippen LogP contribution in [0.5, 0.6) is 0 Å². The van der Waals surface area contributed by atoms with Gasteiger partial charge >= 0.3 is 0 Å². The number of hydrogen-bond donors (Lipinski definition) is 1. The molecule has 21 heavy (non-hydrogen) atoms. The maximum Gasteiger partial charge on any atom is 0.173 e. The van der Waals surface area contributed by atoms with Crippen molar-refractivity contribution in [1.29, 1.82) is 0 Å². The zero-order chi connectivity index (χ0) is 14.9. The molecule has 0 radical (unpaired) electrons. The number of aliphatic hydroxyl groups excluding tert-OH is 1. The normalized spacial score (nSPS) is 33.2. The van der Waals surface area contributed by atoms with Crippen LogP contribution in [0.25, 0.3) is 5.57 Å². The van der Waals surface area contributed by atoms with Gasteiger partial charge < -0.3 is 9.84 Å². The highest BCUT2D eigenvalue weighted by atomic mass is 16.5. The molecular formula is C18H18O3. The second-order valence-corrected chi connectivity index (χ2v) is 6.40. The summed E-state index contributed by atoms with van der Waals surface area (Å²) in [6.07, 6.45) is 3.60. The third kappa shape index (κ3) is 1.55. The Labute approximate surface area is 123 Å². The fourth-order valence-corrected chi connectivity index (χ4v) is 4.23. The van der Waals surface area contributed by atoms with E-state index in [0.717, 1.165) is 16.7 Å². The Balaban J connectivity index is 1.89. The molecule has 0 amide bonds. The number of ketones is 1. The van der Waals surface area contributed by atoms with Gasteiger partial charge in [0.1, 0.15) is 5.76 Å². The van der Waals surface area contributed by atoms with E-state index in [1.807, 2.05) is 32.9 Å². The second kappa shape index (κ2) is 4.08. The zero-order valence-corrected chi connectivity index (χ0v) is 12.4. The number of aliphatic hydroxyl groups is 1. The van der Waals surface area contributed by atoms with Crippen molar-refractivity contribution in [3.8, 4) is 0 Å². The van der Waals surface area contributed by atoms with Gasteiger partial charge in [0.15, 0.2) is 5.78 Å². The van der Waals surface area contributed by atoms with Gasteiger partial charge in [-0.3, -0.25) is 4.79 Å². The lowest BCUT2D eigenvalue weighted by Crippen LogP contribution is -2.26. The number of aryl methyl sites for hydroxylation is 3. The van der Waals surface area contributed by atoms with Gasteiger partial charge in [0.25, 0.3) is 0 Å². The van der Waals surface area contributed by atoms with Crippen molar-refractivity contribution in [3.05, 3.63) is 52.3 Å². The number of carbonyl (C=O) groups excluding carboxylic acids is 1. The summed E-state index contributed by atoms with van der Waals surface area (Å²) >= 11 is 0. The molecule has 1 aliphatic carbocycles. The number of benzene rings is 1. The summed E-state index contributed by atoms with van der Waals surface area (Å²) in [5, 5.41) is 10.7. The number of ether oxygens (including phenoxy) is 1. The highest BCUT2D eigenvalue weighted by Crippen LogP contribution is 2.51. The van der Waals surface area contributed by atoms with Gasteiger partial charge in [-0.05, 0) is 37.5 Å². The van der Waals surface area contributed by atoms with Crippen LogP contribution in [0.1, 0.15) is 22.3 Å². The van der Waals surface area contributed by atoms with Crippen LogP contribution in [0, 0.1) is 32.6 Å². The molecule has 0 unspecified atom stereocenters. The average Bonchev–Trinajstić information content (AvgIpc) is 3.06.